The third-order valence-corrected chi connectivity index (χ3v) is 6.99. The van der Waals surface area contributed by atoms with E-state index in [1.165, 1.54) is 34.6 Å². The first kappa shape index (κ1) is 20.2. The minimum absolute atomic E-state index is 0.00425. The van der Waals surface area contributed by atoms with Gasteiger partial charge in [-0.25, -0.2) is 17.2 Å². The maximum atomic E-state index is 13.9. The van der Waals surface area contributed by atoms with E-state index in [4.69, 9.17) is 0 Å². The van der Waals surface area contributed by atoms with E-state index in [2.05, 4.69) is 0 Å². The number of sulfonamides is 1. The summed E-state index contributed by atoms with van der Waals surface area (Å²) >= 11 is 0. The first-order chi connectivity index (χ1) is 14.4. The van der Waals surface area contributed by atoms with E-state index in [0.717, 1.165) is 17.7 Å². The summed E-state index contributed by atoms with van der Waals surface area (Å²) in [5.41, 5.74) is 1.97. The van der Waals surface area contributed by atoms with Crippen LogP contribution in [-0.4, -0.2) is 20.7 Å². The zero-order chi connectivity index (χ0) is 21.3. The van der Waals surface area contributed by atoms with Crippen molar-refractivity contribution >= 4 is 21.5 Å². The van der Waals surface area contributed by atoms with Crippen molar-refractivity contribution in [3.63, 3.8) is 0 Å². The van der Waals surface area contributed by atoms with Crippen LogP contribution in [-0.2, 0) is 22.9 Å². The number of hydrogen-bond acceptors (Lipinski definition) is 3. The standard InChI is InChI=1S/C23H19F2NO3S/c24-18-9-11-19(12-10-18)30(28,29)26-13-3-4-17-8-7-16(14-22(17)26)15-23(27)20-5-1-2-6-21(20)25/h1-2,5-12,14H,3-4,13,15H2. The molecule has 4 nitrogen and oxygen atoms in total. The number of carbonyl (C=O) groups is 1. The van der Waals surface area contributed by atoms with Crippen molar-refractivity contribution in [3.8, 4) is 0 Å². The molecule has 3 aromatic rings. The minimum atomic E-state index is -3.87. The zero-order valence-corrected chi connectivity index (χ0v) is 16.8. The zero-order valence-electron chi connectivity index (χ0n) is 16.0. The van der Waals surface area contributed by atoms with Crippen molar-refractivity contribution in [2.45, 2.75) is 24.2 Å². The first-order valence-electron chi connectivity index (χ1n) is 9.54. The average molecular weight is 427 g/mol. The van der Waals surface area contributed by atoms with Gasteiger partial charge in [0.2, 0.25) is 0 Å². The highest BCUT2D eigenvalue weighted by atomic mass is 32.2. The molecule has 0 aliphatic carbocycles. The van der Waals surface area contributed by atoms with Gasteiger partial charge in [-0.15, -0.1) is 0 Å². The topological polar surface area (TPSA) is 54.5 Å². The van der Waals surface area contributed by atoms with Crippen LogP contribution in [0.25, 0.3) is 0 Å². The van der Waals surface area contributed by atoms with Gasteiger partial charge in [0.15, 0.2) is 5.78 Å². The number of Topliss-reactive ketones (excluding diaryl/α,β-unsaturated/α-hetero) is 1. The molecule has 30 heavy (non-hydrogen) atoms. The Balaban J connectivity index is 1.67. The molecule has 0 bridgehead atoms. The summed E-state index contributed by atoms with van der Waals surface area (Å²) < 4.78 is 54.7. The number of hydrogen-bond donors (Lipinski definition) is 0. The molecule has 0 atom stereocenters. The molecule has 0 radical (unpaired) electrons. The summed E-state index contributed by atoms with van der Waals surface area (Å²) in [7, 11) is -3.87. The van der Waals surface area contributed by atoms with Gasteiger partial charge in [0.05, 0.1) is 16.1 Å². The van der Waals surface area contributed by atoms with Gasteiger partial charge < -0.3 is 0 Å². The Morgan fingerprint density at radius 1 is 0.967 bits per heavy atom. The largest absolute Gasteiger partial charge is 0.294 e. The molecule has 0 saturated heterocycles. The van der Waals surface area contributed by atoms with Crippen LogP contribution in [0.4, 0.5) is 14.5 Å². The molecule has 3 aromatic carbocycles. The number of ketones is 1. The summed E-state index contributed by atoms with van der Waals surface area (Å²) in [4.78, 5) is 12.5. The van der Waals surface area contributed by atoms with Gasteiger partial charge in [0.1, 0.15) is 11.6 Å². The second kappa shape index (κ2) is 7.99. The molecule has 0 unspecified atom stereocenters. The number of rotatable bonds is 5. The van der Waals surface area contributed by atoms with Crippen molar-refractivity contribution in [1.82, 2.24) is 0 Å². The fraction of sp³-hybridized carbons (Fsp3) is 0.174. The monoisotopic (exact) mass is 427 g/mol. The second-order valence-electron chi connectivity index (χ2n) is 7.18. The molecule has 0 spiro atoms. The normalized spacial score (nSPS) is 13.7. The smallest absolute Gasteiger partial charge is 0.264 e. The molecule has 0 saturated carbocycles. The molecule has 1 aliphatic rings. The Morgan fingerprint density at radius 3 is 2.43 bits per heavy atom. The van der Waals surface area contributed by atoms with Gasteiger partial charge >= 0.3 is 0 Å². The highest BCUT2D eigenvalue weighted by Crippen LogP contribution is 2.33. The van der Waals surface area contributed by atoms with Crippen LogP contribution < -0.4 is 4.31 Å². The number of nitrogens with zero attached hydrogens (tertiary/aromatic N) is 1. The predicted octanol–water partition coefficient (Wildman–Crippen LogP) is 4.53. The number of anilines is 1. The van der Waals surface area contributed by atoms with E-state index in [-0.39, 0.29) is 29.2 Å². The van der Waals surface area contributed by atoms with Crippen LogP contribution in [0.2, 0.25) is 0 Å². The van der Waals surface area contributed by atoms with Gasteiger partial charge in [-0.3, -0.25) is 9.10 Å². The van der Waals surface area contributed by atoms with Crippen LogP contribution in [0.3, 0.4) is 0 Å². The van der Waals surface area contributed by atoms with Crippen LogP contribution in [0.1, 0.15) is 27.9 Å². The Bertz CT molecular complexity index is 1210. The number of aryl methyl sites for hydroxylation is 1. The average Bonchev–Trinajstić information content (AvgIpc) is 2.73. The van der Waals surface area contributed by atoms with Gasteiger partial charge in [0, 0.05) is 13.0 Å². The van der Waals surface area contributed by atoms with E-state index in [0.29, 0.717) is 24.1 Å². The molecule has 1 aliphatic heterocycles. The van der Waals surface area contributed by atoms with Gasteiger partial charge in [-0.05, 0) is 66.4 Å². The summed E-state index contributed by atoms with van der Waals surface area (Å²) in [5.74, 6) is -1.47. The molecule has 0 N–H and O–H groups in total. The lowest BCUT2D eigenvalue weighted by Crippen LogP contribution is -2.35. The highest BCUT2D eigenvalue weighted by molar-refractivity contribution is 7.92. The molecule has 1 heterocycles. The second-order valence-corrected chi connectivity index (χ2v) is 9.04. The van der Waals surface area contributed by atoms with Gasteiger partial charge in [0.25, 0.3) is 10.0 Å². The van der Waals surface area contributed by atoms with E-state index < -0.39 is 21.7 Å². The van der Waals surface area contributed by atoms with Crippen LogP contribution >= 0.6 is 0 Å². The molecule has 4 rings (SSSR count). The Morgan fingerprint density at radius 2 is 1.70 bits per heavy atom. The fourth-order valence-electron chi connectivity index (χ4n) is 3.65. The third kappa shape index (κ3) is 3.85. The molecule has 0 fully saturated rings. The van der Waals surface area contributed by atoms with Crippen LogP contribution in [0, 0.1) is 11.6 Å². The van der Waals surface area contributed by atoms with Gasteiger partial charge in [-0.2, -0.15) is 0 Å². The summed E-state index contributed by atoms with van der Waals surface area (Å²) in [6.45, 7) is 0.289. The minimum Gasteiger partial charge on any atom is -0.294 e. The highest BCUT2D eigenvalue weighted by Gasteiger charge is 2.29. The van der Waals surface area contributed by atoms with Crippen LogP contribution in [0.5, 0.6) is 0 Å². The number of fused-ring (bicyclic) bond motifs is 1. The predicted molar refractivity (Wildman–Crippen MR) is 110 cm³/mol. The molecular formula is C23H19F2NO3S. The Hall–Kier alpha value is -3.06. The molecule has 0 amide bonds. The molecular weight excluding hydrogens is 408 g/mol. The lowest BCUT2D eigenvalue weighted by Gasteiger charge is -2.31. The van der Waals surface area contributed by atoms with E-state index in [9.17, 15) is 22.0 Å². The van der Waals surface area contributed by atoms with E-state index >= 15 is 0 Å². The Labute approximate surface area is 173 Å². The van der Waals surface area contributed by atoms with Crippen molar-refractivity contribution in [2.75, 3.05) is 10.8 Å². The summed E-state index contributed by atoms with van der Waals surface area (Å²) in [5, 5.41) is 0. The lowest BCUT2D eigenvalue weighted by molar-refractivity contribution is 0.0989. The fourth-order valence-corrected chi connectivity index (χ4v) is 5.18. The number of carbonyl (C=O) groups excluding carboxylic acids is 1. The molecule has 0 aromatic heterocycles. The summed E-state index contributed by atoms with van der Waals surface area (Å²) in [6.07, 6.45) is 1.33. The SMILES string of the molecule is O=C(Cc1ccc2c(c1)N(S(=O)(=O)c1ccc(F)cc1)CCC2)c1ccccc1F. The maximum Gasteiger partial charge on any atom is 0.264 e. The van der Waals surface area contributed by atoms with Crippen molar-refractivity contribution in [3.05, 3.63) is 95.1 Å². The molecule has 7 heteroatoms. The molecule has 154 valence electrons. The number of halogens is 2. The van der Waals surface area contributed by atoms with Crippen LogP contribution in [0.15, 0.2) is 71.6 Å². The number of benzene rings is 3. The maximum absolute atomic E-state index is 13.9. The van der Waals surface area contributed by atoms with Gasteiger partial charge in [-0.1, -0.05) is 24.3 Å². The first-order valence-corrected chi connectivity index (χ1v) is 11.0. The summed E-state index contributed by atoms with van der Waals surface area (Å²) in [6, 6.07) is 15.7. The lowest BCUT2D eigenvalue weighted by atomic mass is 9.97. The van der Waals surface area contributed by atoms with E-state index in [1.807, 2.05) is 6.07 Å². The Kier molecular flexibility index (Phi) is 5.39. The van der Waals surface area contributed by atoms with E-state index in [1.54, 1.807) is 18.2 Å². The van der Waals surface area contributed by atoms with Crippen molar-refractivity contribution in [1.29, 1.82) is 0 Å². The quantitative estimate of drug-likeness (QED) is 0.562. The van der Waals surface area contributed by atoms with Crippen molar-refractivity contribution < 1.29 is 22.0 Å². The van der Waals surface area contributed by atoms with Crippen molar-refractivity contribution in [2.24, 2.45) is 0 Å². The third-order valence-electron chi connectivity index (χ3n) is 5.17.